The SMILES string of the molecule is COc1ccc(-c2c(Cl)nc3ncnn3c2N2CCCCCC2)cc1. The molecular formula is C18H20ClN5O. The van der Waals surface area contributed by atoms with Crippen LogP contribution >= 0.6 is 11.6 Å². The maximum absolute atomic E-state index is 6.58. The molecule has 0 radical (unpaired) electrons. The Morgan fingerprint density at radius 1 is 1.04 bits per heavy atom. The molecule has 2 aromatic heterocycles. The lowest BCUT2D eigenvalue weighted by Crippen LogP contribution is -2.27. The normalized spacial score (nSPS) is 15.4. The van der Waals surface area contributed by atoms with E-state index in [2.05, 4.69) is 20.0 Å². The van der Waals surface area contributed by atoms with Crippen LogP contribution in [0.25, 0.3) is 16.9 Å². The standard InChI is InChI=1S/C18H20ClN5O/c1-25-14-8-6-13(7-9-14)15-16(19)22-18-20-12-21-24(18)17(15)23-10-4-2-3-5-11-23/h6-9,12H,2-5,10-11H2,1H3. The number of fused-ring (bicyclic) bond motifs is 1. The summed E-state index contributed by atoms with van der Waals surface area (Å²) < 4.78 is 7.07. The molecule has 25 heavy (non-hydrogen) atoms. The Balaban J connectivity index is 1.91. The van der Waals surface area contributed by atoms with Gasteiger partial charge in [0.25, 0.3) is 5.78 Å². The molecule has 0 bridgehead atoms. The Labute approximate surface area is 151 Å². The van der Waals surface area contributed by atoms with Gasteiger partial charge in [0, 0.05) is 13.1 Å². The minimum absolute atomic E-state index is 0.449. The molecule has 3 aromatic rings. The highest BCUT2D eigenvalue weighted by molar-refractivity contribution is 6.33. The molecule has 0 unspecified atom stereocenters. The van der Waals surface area contributed by atoms with E-state index in [1.165, 1.54) is 19.2 Å². The van der Waals surface area contributed by atoms with Crippen molar-refractivity contribution >= 4 is 23.2 Å². The second-order valence-corrected chi connectivity index (χ2v) is 6.56. The van der Waals surface area contributed by atoms with Crippen molar-refractivity contribution in [1.82, 2.24) is 19.6 Å². The zero-order chi connectivity index (χ0) is 17.2. The zero-order valence-corrected chi connectivity index (χ0v) is 14.9. The van der Waals surface area contributed by atoms with E-state index in [1.807, 2.05) is 24.3 Å². The van der Waals surface area contributed by atoms with Crippen molar-refractivity contribution in [1.29, 1.82) is 0 Å². The summed E-state index contributed by atoms with van der Waals surface area (Å²) in [6.45, 7) is 1.97. The van der Waals surface area contributed by atoms with E-state index in [4.69, 9.17) is 16.3 Å². The first-order valence-electron chi connectivity index (χ1n) is 8.56. The first-order chi connectivity index (χ1) is 12.3. The molecule has 1 aliphatic rings. The quantitative estimate of drug-likeness (QED) is 0.667. The third-order valence-corrected chi connectivity index (χ3v) is 4.92. The summed E-state index contributed by atoms with van der Waals surface area (Å²) in [6, 6.07) is 7.88. The molecular weight excluding hydrogens is 338 g/mol. The van der Waals surface area contributed by atoms with Gasteiger partial charge >= 0.3 is 0 Å². The number of benzene rings is 1. The molecule has 4 rings (SSSR count). The van der Waals surface area contributed by atoms with E-state index in [0.29, 0.717) is 10.9 Å². The number of methoxy groups -OCH3 is 1. The molecule has 0 N–H and O–H groups in total. The monoisotopic (exact) mass is 357 g/mol. The van der Waals surface area contributed by atoms with Gasteiger partial charge in [-0.2, -0.15) is 19.6 Å². The largest absolute Gasteiger partial charge is 0.497 e. The molecule has 0 atom stereocenters. The summed E-state index contributed by atoms with van der Waals surface area (Å²) in [5.41, 5.74) is 1.89. The minimum atomic E-state index is 0.449. The second kappa shape index (κ2) is 6.88. The minimum Gasteiger partial charge on any atom is -0.497 e. The number of hydrogen-bond acceptors (Lipinski definition) is 5. The Kier molecular flexibility index (Phi) is 4.44. The van der Waals surface area contributed by atoms with Crippen LogP contribution in [0.2, 0.25) is 5.15 Å². The van der Waals surface area contributed by atoms with E-state index in [1.54, 1.807) is 11.6 Å². The fourth-order valence-electron chi connectivity index (χ4n) is 3.38. The van der Waals surface area contributed by atoms with Crippen LogP contribution in [0, 0.1) is 0 Å². The fourth-order valence-corrected chi connectivity index (χ4v) is 3.65. The highest BCUT2D eigenvalue weighted by Crippen LogP contribution is 2.37. The molecule has 7 heteroatoms. The van der Waals surface area contributed by atoms with Crippen LogP contribution in [-0.4, -0.2) is 39.8 Å². The molecule has 0 amide bonds. The summed E-state index contributed by atoms with van der Waals surface area (Å²) in [5.74, 6) is 2.31. The van der Waals surface area contributed by atoms with Gasteiger partial charge < -0.3 is 9.64 Å². The third kappa shape index (κ3) is 3.02. The number of rotatable bonds is 3. The van der Waals surface area contributed by atoms with Crippen molar-refractivity contribution in [2.75, 3.05) is 25.1 Å². The topological polar surface area (TPSA) is 55.6 Å². The van der Waals surface area contributed by atoms with Gasteiger partial charge in [-0.05, 0) is 30.5 Å². The van der Waals surface area contributed by atoms with Gasteiger partial charge in [-0.1, -0.05) is 36.6 Å². The number of halogens is 1. The summed E-state index contributed by atoms with van der Waals surface area (Å²) in [6.07, 6.45) is 6.37. The molecule has 0 aliphatic carbocycles. The molecule has 1 aromatic carbocycles. The molecule has 1 aliphatic heterocycles. The van der Waals surface area contributed by atoms with Crippen LogP contribution in [0.5, 0.6) is 5.75 Å². The van der Waals surface area contributed by atoms with Crippen molar-refractivity contribution in [2.24, 2.45) is 0 Å². The highest BCUT2D eigenvalue weighted by Gasteiger charge is 2.23. The van der Waals surface area contributed by atoms with Crippen molar-refractivity contribution in [2.45, 2.75) is 25.7 Å². The van der Waals surface area contributed by atoms with Gasteiger partial charge in [-0.15, -0.1) is 0 Å². The van der Waals surface area contributed by atoms with Crippen LogP contribution in [0.3, 0.4) is 0 Å². The second-order valence-electron chi connectivity index (χ2n) is 6.20. The molecule has 130 valence electrons. The Hall–Kier alpha value is -2.34. The average Bonchev–Trinajstić information content (AvgIpc) is 2.93. The smallest absolute Gasteiger partial charge is 0.255 e. The van der Waals surface area contributed by atoms with Gasteiger partial charge in [-0.3, -0.25) is 0 Å². The van der Waals surface area contributed by atoms with Gasteiger partial charge in [0.05, 0.1) is 12.7 Å². The number of ether oxygens (including phenoxy) is 1. The maximum Gasteiger partial charge on any atom is 0.255 e. The molecule has 0 spiro atoms. The van der Waals surface area contributed by atoms with Crippen molar-refractivity contribution in [3.05, 3.63) is 35.7 Å². The fraction of sp³-hybridized carbons (Fsp3) is 0.389. The van der Waals surface area contributed by atoms with Crippen LogP contribution in [0.1, 0.15) is 25.7 Å². The maximum atomic E-state index is 6.58. The van der Waals surface area contributed by atoms with Crippen molar-refractivity contribution in [3.8, 4) is 16.9 Å². The number of hydrogen-bond donors (Lipinski definition) is 0. The summed E-state index contributed by atoms with van der Waals surface area (Å²) in [4.78, 5) is 11.0. The number of aromatic nitrogens is 4. The summed E-state index contributed by atoms with van der Waals surface area (Å²) in [7, 11) is 1.66. The lowest BCUT2D eigenvalue weighted by molar-refractivity contribution is 0.415. The van der Waals surface area contributed by atoms with Gasteiger partial charge in [0.15, 0.2) is 0 Å². The van der Waals surface area contributed by atoms with E-state index < -0.39 is 0 Å². The van der Waals surface area contributed by atoms with Crippen molar-refractivity contribution in [3.63, 3.8) is 0 Å². The summed E-state index contributed by atoms with van der Waals surface area (Å²) >= 11 is 6.58. The van der Waals surface area contributed by atoms with Crippen LogP contribution in [0.15, 0.2) is 30.6 Å². The van der Waals surface area contributed by atoms with Gasteiger partial charge in [0.2, 0.25) is 0 Å². The predicted octanol–water partition coefficient (Wildman–Crippen LogP) is 3.83. The van der Waals surface area contributed by atoms with Gasteiger partial charge in [0.1, 0.15) is 23.0 Å². The molecule has 1 saturated heterocycles. The molecule has 3 heterocycles. The Morgan fingerprint density at radius 3 is 2.44 bits per heavy atom. The average molecular weight is 358 g/mol. The third-order valence-electron chi connectivity index (χ3n) is 4.64. The van der Waals surface area contributed by atoms with Crippen molar-refractivity contribution < 1.29 is 4.74 Å². The lowest BCUT2D eigenvalue weighted by atomic mass is 10.1. The molecule has 1 fully saturated rings. The molecule has 6 nitrogen and oxygen atoms in total. The Morgan fingerprint density at radius 2 is 1.76 bits per heavy atom. The van der Waals surface area contributed by atoms with E-state index in [0.717, 1.165) is 48.6 Å². The van der Waals surface area contributed by atoms with Gasteiger partial charge in [-0.25, -0.2) is 0 Å². The van der Waals surface area contributed by atoms with E-state index in [-0.39, 0.29) is 0 Å². The van der Waals surface area contributed by atoms with Crippen LogP contribution < -0.4 is 9.64 Å². The van der Waals surface area contributed by atoms with E-state index in [9.17, 15) is 0 Å². The summed E-state index contributed by atoms with van der Waals surface area (Å²) in [5, 5.41) is 4.85. The van der Waals surface area contributed by atoms with Crippen LogP contribution in [-0.2, 0) is 0 Å². The zero-order valence-electron chi connectivity index (χ0n) is 14.2. The first kappa shape index (κ1) is 16.1. The van der Waals surface area contributed by atoms with E-state index >= 15 is 0 Å². The Bertz CT molecular complexity index is 869. The highest BCUT2D eigenvalue weighted by atomic mass is 35.5. The first-order valence-corrected chi connectivity index (χ1v) is 8.94. The lowest BCUT2D eigenvalue weighted by Gasteiger charge is -2.26. The van der Waals surface area contributed by atoms with Crippen LogP contribution in [0.4, 0.5) is 5.82 Å². The number of nitrogens with zero attached hydrogens (tertiary/aromatic N) is 5. The predicted molar refractivity (Wildman–Crippen MR) is 98.5 cm³/mol. The number of anilines is 1. The molecule has 0 saturated carbocycles.